The van der Waals surface area contributed by atoms with Gasteiger partial charge in [0.15, 0.2) is 15.8 Å². The maximum atomic E-state index is 12.9. The van der Waals surface area contributed by atoms with Crippen molar-refractivity contribution in [2.24, 2.45) is 0 Å². The quantitative estimate of drug-likeness (QED) is 0.434. The van der Waals surface area contributed by atoms with Gasteiger partial charge in [-0.15, -0.1) is 11.8 Å². The van der Waals surface area contributed by atoms with Crippen molar-refractivity contribution in [2.75, 3.05) is 25.4 Å². The molecule has 0 radical (unpaired) electrons. The van der Waals surface area contributed by atoms with E-state index in [4.69, 9.17) is 21.7 Å². The first-order chi connectivity index (χ1) is 13.0. The molecule has 5 nitrogen and oxygen atoms in total. The number of benzene rings is 2. The van der Waals surface area contributed by atoms with Gasteiger partial charge in [-0.25, -0.2) is 0 Å². The minimum absolute atomic E-state index is 0.0846. The van der Waals surface area contributed by atoms with E-state index in [1.807, 2.05) is 30.5 Å². The van der Waals surface area contributed by atoms with Crippen molar-refractivity contribution in [3.63, 3.8) is 0 Å². The summed E-state index contributed by atoms with van der Waals surface area (Å²) in [5, 5.41) is 10.0. The predicted octanol–water partition coefficient (Wildman–Crippen LogP) is 4.54. The van der Waals surface area contributed by atoms with Crippen LogP contribution in [0.4, 0.5) is 5.69 Å². The highest BCUT2D eigenvalue weighted by Crippen LogP contribution is 2.40. The topological polar surface area (TPSA) is 59.0 Å². The molecule has 8 heteroatoms. The molecule has 0 unspecified atom stereocenters. The molecule has 1 aliphatic heterocycles. The van der Waals surface area contributed by atoms with Crippen LogP contribution in [-0.4, -0.2) is 35.8 Å². The van der Waals surface area contributed by atoms with Crippen molar-refractivity contribution in [2.45, 2.75) is 4.90 Å². The Morgan fingerprint density at radius 3 is 2.44 bits per heavy atom. The van der Waals surface area contributed by atoms with Crippen molar-refractivity contribution < 1.29 is 19.4 Å². The molecule has 0 saturated carbocycles. The summed E-state index contributed by atoms with van der Waals surface area (Å²) >= 11 is 8.26. The number of rotatable bonds is 5. The second-order valence-corrected chi connectivity index (χ2v) is 8.05. The molecular weight excluding hydrogens is 402 g/mol. The molecule has 1 saturated heterocycles. The molecule has 2 aromatic rings. The summed E-state index contributed by atoms with van der Waals surface area (Å²) in [6.07, 6.45) is 3.69. The van der Waals surface area contributed by atoms with E-state index in [1.54, 1.807) is 30.0 Å². The molecule has 2 aromatic carbocycles. The van der Waals surface area contributed by atoms with Gasteiger partial charge in [-0.2, -0.15) is 0 Å². The molecule has 0 atom stereocenters. The van der Waals surface area contributed by atoms with E-state index in [2.05, 4.69) is 0 Å². The monoisotopic (exact) mass is 419 g/mol. The van der Waals surface area contributed by atoms with Crippen molar-refractivity contribution in [3.8, 4) is 17.2 Å². The molecule has 1 amide bonds. The van der Waals surface area contributed by atoms with E-state index in [0.717, 1.165) is 10.6 Å². The zero-order valence-electron chi connectivity index (χ0n) is 14.9. The van der Waals surface area contributed by atoms with Crippen molar-refractivity contribution >= 4 is 57.7 Å². The lowest BCUT2D eigenvalue weighted by Crippen LogP contribution is -2.27. The van der Waals surface area contributed by atoms with E-state index < -0.39 is 0 Å². The zero-order valence-corrected chi connectivity index (χ0v) is 17.3. The number of amides is 1. The molecule has 0 aliphatic carbocycles. The molecule has 3 rings (SSSR count). The first-order valence-electron chi connectivity index (χ1n) is 7.85. The van der Waals surface area contributed by atoms with Gasteiger partial charge in [0, 0.05) is 4.90 Å². The highest BCUT2D eigenvalue weighted by atomic mass is 32.2. The van der Waals surface area contributed by atoms with E-state index in [-0.39, 0.29) is 23.2 Å². The number of phenolic OH excluding ortho intramolecular Hbond substituents is 1. The molecule has 1 heterocycles. The first-order valence-corrected chi connectivity index (χ1v) is 10.3. The average molecular weight is 420 g/mol. The minimum Gasteiger partial charge on any atom is -0.502 e. The summed E-state index contributed by atoms with van der Waals surface area (Å²) in [6.45, 7) is 0. The second-order valence-electron chi connectivity index (χ2n) is 5.49. The van der Waals surface area contributed by atoms with Gasteiger partial charge in [-0.05, 0) is 48.2 Å². The smallest absolute Gasteiger partial charge is 0.270 e. The summed E-state index contributed by atoms with van der Waals surface area (Å²) in [4.78, 5) is 16.0. The number of aromatic hydroxyl groups is 1. The van der Waals surface area contributed by atoms with Crippen molar-refractivity contribution in [1.29, 1.82) is 0 Å². The van der Waals surface area contributed by atoms with Crippen LogP contribution >= 0.6 is 35.7 Å². The van der Waals surface area contributed by atoms with Crippen LogP contribution in [0.3, 0.4) is 0 Å². The normalized spacial score (nSPS) is 15.5. The Hall–Kier alpha value is -2.16. The van der Waals surface area contributed by atoms with Crippen molar-refractivity contribution in [1.82, 2.24) is 0 Å². The van der Waals surface area contributed by atoms with Gasteiger partial charge in [0.2, 0.25) is 5.75 Å². The number of hydrogen-bond acceptors (Lipinski definition) is 7. The maximum Gasteiger partial charge on any atom is 0.270 e. The third-order valence-electron chi connectivity index (χ3n) is 3.91. The first kappa shape index (κ1) is 19.6. The summed E-state index contributed by atoms with van der Waals surface area (Å²) in [5.41, 5.74) is 1.41. The van der Waals surface area contributed by atoms with Gasteiger partial charge in [0.05, 0.1) is 24.8 Å². The molecule has 0 spiro atoms. The Morgan fingerprint density at radius 2 is 1.85 bits per heavy atom. The van der Waals surface area contributed by atoms with Crippen LogP contribution in [0.25, 0.3) is 6.08 Å². The highest BCUT2D eigenvalue weighted by molar-refractivity contribution is 8.27. The second kappa shape index (κ2) is 8.24. The summed E-state index contributed by atoms with van der Waals surface area (Å²) in [5.74, 6) is 0.264. The predicted molar refractivity (Wildman–Crippen MR) is 115 cm³/mol. The number of thiocarbonyl (C=S) groups is 1. The number of anilines is 1. The third kappa shape index (κ3) is 3.92. The Balaban J connectivity index is 1.97. The number of hydrogen-bond donors (Lipinski definition) is 1. The maximum absolute atomic E-state index is 12.9. The molecule has 1 fully saturated rings. The average Bonchev–Trinajstić information content (AvgIpc) is 2.96. The van der Waals surface area contributed by atoms with Gasteiger partial charge >= 0.3 is 0 Å². The highest BCUT2D eigenvalue weighted by Gasteiger charge is 2.33. The molecule has 0 bridgehead atoms. The van der Waals surface area contributed by atoms with Crippen LogP contribution in [0.2, 0.25) is 0 Å². The standard InChI is InChI=1S/C19H17NO4S3/c1-23-14-7-11(8-15(24-2)17(14)21)9-16-18(22)20(19(25)27-16)12-5-4-6-13(10-12)26-3/h4-10,21H,1-3H3/b16-9+. The van der Waals surface area contributed by atoms with Crippen LogP contribution in [0, 0.1) is 0 Å². The van der Waals surface area contributed by atoms with E-state index in [9.17, 15) is 9.90 Å². The minimum atomic E-state index is -0.186. The SMILES string of the molecule is COc1cc(/C=C2/SC(=S)N(c3cccc(SC)c3)C2=O)cc(OC)c1O. The van der Waals surface area contributed by atoms with Gasteiger partial charge in [-0.3, -0.25) is 9.69 Å². The van der Waals surface area contributed by atoms with Crippen LogP contribution in [-0.2, 0) is 4.79 Å². The molecule has 0 aromatic heterocycles. The Bertz CT molecular complexity index is 917. The van der Waals surface area contributed by atoms with E-state index in [1.165, 1.54) is 30.9 Å². The number of methoxy groups -OCH3 is 2. The number of ether oxygens (including phenoxy) is 2. The van der Waals surface area contributed by atoms with Crippen molar-refractivity contribution in [3.05, 3.63) is 46.9 Å². The van der Waals surface area contributed by atoms with Gasteiger partial charge in [-0.1, -0.05) is 30.0 Å². The van der Waals surface area contributed by atoms with Gasteiger partial charge in [0.25, 0.3) is 5.91 Å². The zero-order chi connectivity index (χ0) is 19.6. The van der Waals surface area contributed by atoms with Gasteiger partial charge in [0.1, 0.15) is 0 Å². The molecule has 140 valence electrons. The molecular formula is C19H17NO4S3. The Labute approximate surface area is 171 Å². The lowest BCUT2D eigenvalue weighted by atomic mass is 10.1. The number of phenols is 1. The fourth-order valence-corrected chi connectivity index (χ4v) is 4.34. The lowest BCUT2D eigenvalue weighted by Gasteiger charge is -2.15. The fraction of sp³-hybridized carbons (Fsp3) is 0.158. The van der Waals surface area contributed by atoms with E-state index in [0.29, 0.717) is 14.8 Å². The summed E-state index contributed by atoms with van der Waals surface area (Å²) in [6, 6.07) is 11.0. The summed E-state index contributed by atoms with van der Waals surface area (Å²) in [7, 11) is 2.91. The Kier molecular flexibility index (Phi) is 5.98. The fourth-order valence-electron chi connectivity index (χ4n) is 2.59. The molecule has 1 N–H and O–H groups in total. The van der Waals surface area contributed by atoms with Crippen LogP contribution in [0.1, 0.15) is 5.56 Å². The Morgan fingerprint density at radius 1 is 1.19 bits per heavy atom. The lowest BCUT2D eigenvalue weighted by molar-refractivity contribution is -0.113. The van der Waals surface area contributed by atoms with E-state index >= 15 is 0 Å². The third-order valence-corrected chi connectivity index (χ3v) is 5.93. The largest absolute Gasteiger partial charge is 0.502 e. The van der Waals surface area contributed by atoms with Gasteiger partial charge < -0.3 is 14.6 Å². The molecule has 27 heavy (non-hydrogen) atoms. The van der Waals surface area contributed by atoms with Crippen LogP contribution in [0.15, 0.2) is 46.2 Å². The number of carbonyl (C=O) groups is 1. The number of carbonyl (C=O) groups excluding carboxylic acids is 1. The van der Waals surface area contributed by atoms with Crippen LogP contribution < -0.4 is 14.4 Å². The number of nitrogens with zero attached hydrogens (tertiary/aromatic N) is 1. The summed E-state index contributed by atoms with van der Waals surface area (Å²) < 4.78 is 10.8. The molecule has 1 aliphatic rings. The van der Waals surface area contributed by atoms with Crippen LogP contribution in [0.5, 0.6) is 17.2 Å². The number of thioether (sulfide) groups is 2.